The Balaban J connectivity index is 1.29. The average Bonchev–Trinajstić information content (AvgIpc) is 3.72. The minimum atomic E-state index is -0.780. The molecule has 0 amide bonds. The van der Waals surface area contributed by atoms with E-state index in [4.69, 9.17) is 31.4 Å². The minimum absolute atomic E-state index is 0.0178. The van der Waals surface area contributed by atoms with Crippen LogP contribution in [0.1, 0.15) is 20.6 Å². The Morgan fingerprint density at radius 2 is 0.918 bits per heavy atom. The summed E-state index contributed by atoms with van der Waals surface area (Å²) >= 11 is 0.814. The lowest BCUT2D eigenvalue weighted by molar-refractivity contribution is 1.07. The first-order chi connectivity index (χ1) is 30.5. The average molecular weight is 659 g/mol. The van der Waals surface area contributed by atoms with Crippen molar-refractivity contribution in [3.63, 3.8) is 0 Å². The van der Waals surface area contributed by atoms with Crippen LogP contribution in [0.25, 0.3) is 87.7 Å². The number of nitrogens with zero attached hydrogens (tertiary/aromatic N) is 3. The molecule has 0 aliphatic carbocycles. The molecule has 230 valence electrons. The van der Waals surface area contributed by atoms with Crippen molar-refractivity contribution in [1.29, 1.82) is 0 Å². The van der Waals surface area contributed by atoms with Crippen LogP contribution in [0.5, 0.6) is 0 Å². The number of hydrogen-bond donors (Lipinski definition) is 0. The van der Waals surface area contributed by atoms with Crippen molar-refractivity contribution in [3.8, 4) is 67.5 Å². The molecule has 0 aliphatic rings. The number of rotatable bonds is 6. The van der Waals surface area contributed by atoms with Crippen molar-refractivity contribution >= 4 is 31.5 Å². The lowest BCUT2D eigenvalue weighted by atomic mass is 9.99. The van der Waals surface area contributed by atoms with Gasteiger partial charge in [0.05, 0.1) is 20.6 Å². The van der Waals surface area contributed by atoms with E-state index in [1.54, 1.807) is 12.1 Å². The minimum Gasteiger partial charge on any atom is -0.208 e. The molecular weight excluding hydrogens is 615 g/mol. The third kappa shape index (κ3) is 5.58. The highest BCUT2D eigenvalue weighted by molar-refractivity contribution is 7.26. The Morgan fingerprint density at radius 3 is 1.61 bits per heavy atom. The standard InChI is InChI=1S/C45H29N3S/c1-4-11-30(12-5-1)32-19-23-34(24-20-32)38-17-10-18-40-39-28-27-37(29-41(39)49-42(38)40)45-47-43(35-15-8-3-9-16-35)46-44(48-45)36-25-21-33(22-26-36)31-13-6-2-7-14-31/h1-29H/i1D,4D,5D,10D,11D,12D,17D,18D,19D,20D,23D,24D,27D,28D,29D. The largest absolute Gasteiger partial charge is 0.208 e. The summed E-state index contributed by atoms with van der Waals surface area (Å²) in [5.74, 6) is 0.378. The highest BCUT2D eigenvalue weighted by atomic mass is 32.1. The van der Waals surface area contributed by atoms with Crippen molar-refractivity contribution < 1.29 is 20.6 Å². The molecule has 0 saturated heterocycles. The van der Waals surface area contributed by atoms with E-state index < -0.39 is 101 Å². The van der Waals surface area contributed by atoms with Gasteiger partial charge in [-0.1, -0.05) is 170 Å². The summed E-state index contributed by atoms with van der Waals surface area (Å²) in [6.45, 7) is 0. The summed E-state index contributed by atoms with van der Waals surface area (Å²) in [6.07, 6.45) is 0. The van der Waals surface area contributed by atoms with E-state index in [2.05, 4.69) is 0 Å². The second-order valence-corrected chi connectivity index (χ2v) is 11.9. The molecule has 0 spiro atoms. The predicted octanol–water partition coefficient (Wildman–Crippen LogP) is 12.2. The molecule has 0 saturated carbocycles. The van der Waals surface area contributed by atoms with Crippen LogP contribution in [0.15, 0.2) is 176 Å². The molecule has 0 unspecified atom stereocenters. The first kappa shape index (κ1) is 17.3. The van der Waals surface area contributed by atoms with Gasteiger partial charge in [-0.15, -0.1) is 11.3 Å². The molecule has 0 bridgehead atoms. The van der Waals surface area contributed by atoms with Crippen molar-refractivity contribution in [2.45, 2.75) is 0 Å². The maximum Gasteiger partial charge on any atom is 0.164 e. The number of hydrogen-bond acceptors (Lipinski definition) is 4. The molecule has 49 heavy (non-hydrogen) atoms. The van der Waals surface area contributed by atoms with Crippen LogP contribution >= 0.6 is 11.3 Å². The summed E-state index contributed by atoms with van der Waals surface area (Å²) in [5.41, 5.74) is 1.16. The van der Waals surface area contributed by atoms with Crippen LogP contribution in [0.4, 0.5) is 0 Å². The zero-order chi connectivity index (χ0) is 45.6. The SMILES string of the molecule is [2H]c1c([2H])c([2H])c(-c2c([2H])c([2H])c(-c3c([2H])c([2H])c([2H])c4c3sc3c([2H])c(-c5nc(-c6ccccc6)nc(-c6ccc(-c7ccccc7)cc6)n5)c([2H])c([2H])c34)c([2H])c2[2H])c([2H])c1[2H]. The highest BCUT2D eigenvalue weighted by Gasteiger charge is 2.16. The molecule has 9 aromatic rings. The van der Waals surface area contributed by atoms with Gasteiger partial charge in [0.25, 0.3) is 0 Å². The normalized spacial score (nSPS) is 15.6. The second kappa shape index (κ2) is 12.4. The first-order valence-electron chi connectivity index (χ1n) is 22.6. The maximum absolute atomic E-state index is 9.58. The fourth-order valence-electron chi connectivity index (χ4n) is 5.42. The third-order valence-corrected chi connectivity index (χ3v) is 8.95. The summed E-state index contributed by atoms with van der Waals surface area (Å²) < 4.78 is 133. The maximum atomic E-state index is 9.58. The summed E-state index contributed by atoms with van der Waals surface area (Å²) in [6, 6.07) is 16.6. The predicted molar refractivity (Wildman–Crippen MR) is 205 cm³/mol. The van der Waals surface area contributed by atoms with Gasteiger partial charge in [-0.3, -0.25) is 0 Å². The van der Waals surface area contributed by atoms with E-state index in [1.165, 1.54) is 0 Å². The van der Waals surface area contributed by atoms with Gasteiger partial charge in [0.15, 0.2) is 17.5 Å². The van der Waals surface area contributed by atoms with Crippen LogP contribution in [-0.2, 0) is 0 Å². The molecule has 0 N–H and O–H groups in total. The van der Waals surface area contributed by atoms with E-state index in [-0.39, 0.29) is 54.8 Å². The fourth-order valence-corrected chi connectivity index (χ4v) is 6.54. The molecule has 0 aliphatic heterocycles. The molecular formula is C45H29N3S. The Labute approximate surface area is 310 Å². The van der Waals surface area contributed by atoms with Gasteiger partial charge >= 0.3 is 0 Å². The Bertz CT molecular complexity index is 3380. The van der Waals surface area contributed by atoms with E-state index in [9.17, 15) is 4.11 Å². The molecule has 4 heteroatoms. The second-order valence-electron chi connectivity index (χ2n) is 10.9. The van der Waals surface area contributed by atoms with Gasteiger partial charge in [-0.2, -0.15) is 0 Å². The lowest BCUT2D eigenvalue weighted by Crippen LogP contribution is -2.00. The quantitative estimate of drug-likeness (QED) is 0.178. The molecule has 0 fully saturated rings. The van der Waals surface area contributed by atoms with Crippen molar-refractivity contribution in [1.82, 2.24) is 15.0 Å². The van der Waals surface area contributed by atoms with Crippen LogP contribution in [0.2, 0.25) is 0 Å². The molecule has 0 radical (unpaired) electrons. The lowest BCUT2D eigenvalue weighted by Gasteiger charge is -2.09. The van der Waals surface area contributed by atoms with Gasteiger partial charge in [-0.25, -0.2) is 15.0 Å². The summed E-state index contributed by atoms with van der Waals surface area (Å²) in [7, 11) is 0. The van der Waals surface area contributed by atoms with Crippen LogP contribution in [-0.4, -0.2) is 15.0 Å². The molecule has 0 atom stereocenters. The topological polar surface area (TPSA) is 38.7 Å². The number of benzene rings is 7. The monoisotopic (exact) mass is 658 g/mol. The van der Waals surface area contributed by atoms with Gasteiger partial charge in [0.1, 0.15) is 0 Å². The number of thiophene rings is 1. The van der Waals surface area contributed by atoms with E-state index in [0.717, 1.165) is 22.5 Å². The van der Waals surface area contributed by atoms with Crippen molar-refractivity contribution in [2.75, 3.05) is 0 Å². The van der Waals surface area contributed by atoms with Gasteiger partial charge in [-0.05, 0) is 39.4 Å². The van der Waals surface area contributed by atoms with Crippen LogP contribution in [0.3, 0.4) is 0 Å². The molecule has 2 aromatic heterocycles. The Hall–Kier alpha value is -6.23. The smallest absolute Gasteiger partial charge is 0.164 e. The molecule has 2 heterocycles. The molecule has 3 nitrogen and oxygen atoms in total. The van der Waals surface area contributed by atoms with E-state index in [0.29, 0.717) is 11.1 Å². The zero-order valence-corrected chi connectivity index (χ0v) is 26.1. The first-order valence-corrected chi connectivity index (χ1v) is 16.0. The number of fused-ring (bicyclic) bond motifs is 3. The van der Waals surface area contributed by atoms with Gasteiger partial charge in [0, 0.05) is 36.9 Å². The number of aromatic nitrogens is 3. The highest BCUT2D eigenvalue weighted by Crippen LogP contribution is 2.41. The summed E-state index contributed by atoms with van der Waals surface area (Å²) in [5, 5.41) is -0.181. The molecule has 9 rings (SSSR count). The summed E-state index contributed by atoms with van der Waals surface area (Å²) in [4.78, 5) is 14.2. The van der Waals surface area contributed by atoms with Gasteiger partial charge in [0.2, 0.25) is 0 Å². The van der Waals surface area contributed by atoms with E-state index >= 15 is 0 Å². The molecule has 7 aromatic carbocycles. The van der Waals surface area contributed by atoms with Crippen molar-refractivity contribution in [3.05, 3.63) is 176 Å². The fraction of sp³-hybridized carbons (Fsp3) is 0. The van der Waals surface area contributed by atoms with Crippen LogP contribution < -0.4 is 0 Å². The zero-order valence-electron chi connectivity index (χ0n) is 40.3. The Kier molecular flexibility index (Phi) is 4.37. The van der Waals surface area contributed by atoms with E-state index in [1.807, 2.05) is 72.8 Å². The Morgan fingerprint density at radius 1 is 0.388 bits per heavy atom. The van der Waals surface area contributed by atoms with Gasteiger partial charge < -0.3 is 0 Å². The van der Waals surface area contributed by atoms with Crippen molar-refractivity contribution in [2.24, 2.45) is 0 Å². The van der Waals surface area contributed by atoms with Crippen LogP contribution in [0, 0.1) is 0 Å². The third-order valence-electron chi connectivity index (χ3n) is 7.83.